The molecule has 0 unspecified atom stereocenters. The fourth-order valence-electron chi connectivity index (χ4n) is 2.95. The molecule has 3 amide bonds. The van der Waals surface area contributed by atoms with Gasteiger partial charge in [-0.2, -0.15) is 0 Å². The molecule has 1 aliphatic heterocycles. The molecule has 6 heteroatoms. The predicted molar refractivity (Wildman–Crippen MR) is 98.1 cm³/mol. The highest BCUT2D eigenvalue weighted by atomic mass is 19.1. The van der Waals surface area contributed by atoms with Gasteiger partial charge in [0.2, 0.25) is 0 Å². The number of amides is 3. The quantitative estimate of drug-likeness (QED) is 0.787. The van der Waals surface area contributed by atoms with Crippen LogP contribution in [0.4, 0.5) is 14.9 Å². The van der Waals surface area contributed by atoms with Crippen LogP contribution in [-0.4, -0.2) is 11.9 Å². The number of carbonyl (C=O) groups excluding carboxylic acids is 2. The van der Waals surface area contributed by atoms with Crippen LogP contribution in [0, 0.1) is 19.7 Å². The van der Waals surface area contributed by atoms with Crippen LogP contribution >= 0.6 is 0 Å². The lowest BCUT2D eigenvalue weighted by Crippen LogP contribution is -2.46. The average molecular weight is 353 g/mol. The number of hydrogen-bond acceptors (Lipinski definition) is 2. The summed E-state index contributed by atoms with van der Waals surface area (Å²) in [6.07, 6.45) is 0. The number of anilines is 1. The van der Waals surface area contributed by atoms with Crippen molar-refractivity contribution in [3.8, 4) is 0 Å². The van der Waals surface area contributed by atoms with Crippen LogP contribution in [0.15, 0.2) is 53.7 Å². The Morgan fingerprint density at radius 2 is 1.81 bits per heavy atom. The van der Waals surface area contributed by atoms with Gasteiger partial charge in [-0.3, -0.25) is 4.79 Å². The van der Waals surface area contributed by atoms with Gasteiger partial charge in [-0.05, 0) is 50.1 Å². The molecule has 1 heterocycles. The third-order valence-corrected chi connectivity index (χ3v) is 4.49. The molecule has 0 aliphatic carbocycles. The smallest absolute Gasteiger partial charge is 0.319 e. The summed E-state index contributed by atoms with van der Waals surface area (Å²) in [5.41, 5.74) is 3.72. The Bertz CT molecular complexity index is 921. The number of halogens is 1. The van der Waals surface area contributed by atoms with E-state index in [9.17, 15) is 14.0 Å². The Morgan fingerprint density at radius 1 is 1.08 bits per heavy atom. The van der Waals surface area contributed by atoms with Gasteiger partial charge >= 0.3 is 6.03 Å². The van der Waals surface area contributed by atoms with Crippen molar-refractivity contribution in [2.45, 2.75) is 26.8 Å². The molecule has 1 atom stereocenters. The van der Waals surface area contributed by atoms with Crippen LogP contribution < -0.4 is 16.0 Å². The predicted octanol–water partition coefficient (Wildman–Crippen LogP) is 3.71. The second-order valence-electron chi connectivity index (χ2n) is 6.34. The van der Waals surface area contributed by atoms with Gasteiger partial charge in [-0.1, -0.05) is 24.3 Å². The number of urea groups is 1. The van der Waals surface area contributed by atoms with Gasteiger partial charge in [0, 0.05) is 16.9 Å². The van der Waals surface area contributed by atoms with Crippen molar-refractivity contribution >= 4 is 17.6 Å². The van der Waals surface area contributed by atoms with E-state index in [1.165, 1.54) is 6.07 Å². The molecule has 134 valence electrons. The Kier molecular flexibility index (Phi) is 4.75. The van der Waals surface area contributed by atoms with Gasteiger partial charge in [0.05, 0.1) is 11.6 Å². The van der Waals surface area contributed by atoms with Crippen molar-refractivity contribution in [3.05, 3.63) is 76.2 Å². The van der Waals surface area contributed by atoms with Gasteiger partial charge in [0.1, 0.15) is 5.82 Å². The first-order chi connectivity index (χ1) is 12.4. The summed E-state index contributed by atoms with van der Waals surface area (Å²) in [7, 11) is 0. The zero-order valence-corrected chi connectivity index (χ0v) is 14.8. The van der Waals surface area contributed by atoms with E-state index in [0.29, 0.717) is 11.4 Å². The Morgan fingerprint density at radius 3 is 2.50 bits per heavy atom. The van der Waals surface area contributed by atoms with Crippen LogP contribution in [0.1, 0.15) is 29.7 Å². The van der Waals surface area contributed by atoms with Gasteiger partial charge < -0.3 is 16.0 Å². The highest BCUT2D eigenvalue weighted by Crippen LogP contribution is 2.29. The van der Waals surface area contributed by atoms with Crippen LogP contribution in [0.3, 0.4) is 0 Å². The minimum atomic E-state index is -0.864. The number of benzene rings is 2. The van der Waals surface area contributed by atoms with Crippen LogP contribution in [0.2, 0.25) is 0 Å². The molecule has 3 N–H and O–H groups in total. The summed E-state index contributed by atoms with van der Waals surface area (Å²) in [4.78, 5) is 24.8. The van der Waals surface area contributed by atoms with E-state index < -0.39 is 23.8 Å². The molecule has 0 radical (unpaired) electrons. The van der Waals surface area contributed by atoms with Gasteiger partial charge in [-0.25, -0.2) is 9.18 Å². The molecule has 26 heavy (non-hydrogen) atoms. The number of carbonyl (C=O) groups is 2. The summed E-state index contributed by atoms with van der Waals surface area (Å²) >= 11 is 0. The molecule has 0 spiro atoms. The molecule has 0 bridgehead atoms. The highest BCUT2D eigenvalue weighted by molar-refractivity contribution is 6.06. The van der Waals surface area contributed by atoms with Crippen LogP contribution in [0.25, 0.3) is 0 Å². The number of allylic oxidation sites excluding steroid dienone is 1. The SMILES string of the molecule is CC1=C(C(=O)Nc2ccc(C)c(C)c2)[C@H](c2ccccc2F)NC(=O)N1. The summed E-state index contributed by atoms with van der Waals surface area (Å²) in [5, 5.41) is 8.05. The Balaban J connectivity index is 1.97. The molecule has 0 fully saturated rings. The summed E-state index contributed by atoms with van der Waals surface area (Å²) in [6, 6.07) is 10.4. The lowest BCUT2D eigenvalue weighted by Gasteiger charge is -2.29. The molecule has 1 aliphatic rings. The molecule has 0 saturated heterocycles. The number of hydrogen-bond donors (Lipinski definition) is 3. The number of rotatable bonds is 3. The van der Waals surface area contributed by atoms with Crippen molar-refractivity contribution < 1.29 is 14.0 Å². The Hall–Kier alpha value is -3.15. The lowest BCUT2D eigenvalue weighted by molar-refractivity contribution is -0.113. The molecule has 2 aromatic carbocycles. The maximum Gasteiger partial charge on any atom is 0.319 e. The van der Waals surface area contributed by atoms with Crippen molar-refractivity contribution in [1.82, 2.24) is 10.6 Å². The maximum absolute atomic E-state index is 14.3. The van der Waals surface area contributed by atoms with E-state index in [0.717, 1.165) is 11.1 Å². The van der Waals surface area contributed by atoms with Crippen molar-refractivity contribution in [2.24, 2.45) is 0 Å². The zero-order chi connectivity index (χ0) is 18.8. The van der Waals surface area contributed by atoms with Crippen molar-refractivity contribution in [1.29, 1.82) is 0 Å². The monoisotopic (exact) mass is 353 g/mol. The third-order valence-electron chi connectivity index (χ3n) is 4.49. The minimum Gasteiger partial charge on any atom is -0.327 e. The minimum absolute atomic E-state index is 0.243. The molecule has 5 nitrogen and oxygen atoms in total. The average Bonchev–Trinajstić information content (AvgIpc) is 2.57. The van der Waals surface area contributed by atoms with E-state index >= 15 is 0 Å². The molecule has 3 rings (SSSR count). The maximum atomic E-state index is 14.3. The summed E-state index contributed by atoms with van der Waals surface area (Å²) in [5.74, 6) is -0.879. The molecule has 2 aromatic rings. The first-order valence-corrected chi connectivity index (χ1v) is 8.28. The summed E-state index contributed by atoms with van der Waals surface area (Å²) < 4.78 is 14.3. The standard InChI is InChI=1S/C20H20FN3O2/c1-11-8-9-14(10-12(11)2)23-19(25)17-13(3)22-20(26)24-18(17)15-6-4-5-7-16(15)21/h4-10,18H,1-3H3,(H,23,25)(H2,22,24,26)/t18-/m0/s1. The molecule has 0 saturated carbocycles. The Labute approximate surface area is 151 Å². The molecular formula is C20H20FN3O2. The first-order valence-electron chi connectivity index (χ1n) is 8.28. The summed E-state index contributed by atoms with van der Waals surface area (Å²) in [6.45, 7) is 5.57. The molecule has 0 aromatic heterocycles. The van der Waals surface area contributed by atoms with E-state index in [2.05, 4.69) is 16.0 Å². The van der Waals surface area contributed by atoms with E-state index in [1.807, 2.05) is 32.0 Å². The normalized spacial score (nSPS) is 16.8. The number of nitrogens with one attached hydrogen (secondary N) is 3. The van der Waals surface area contributed by atoms with Gasteiger partial charge in [0.15, 0.2) is 0 Å². The van der Waals surface area contributed by atoms with E-state index in [4.69, 9.17) is 0 Å². The third kappa shape index (κ3) is 3.44. The second kappa shape index (κ2) is 7.00. The van der Waals surface area contributed by atoms with Crippen LogP contribution in [0.5, 0.6) is 0 Å². The van der Waals surface area contributed by atoms with Crippen molar-refractivity contribution in [3.63, 3.8) is 0 Å². The first kappa shape index (κ1) is 17.7. The van der Waals surface area contributed by atoms with E-state index in [1.54, 1.807) is 25.1 Å². The van der Waals surface area contributed by atoms with Crippen molar-refractivity contribution in [2.75, 3.05) is 5.32 Å². The topological polar surface area (TPSA) is 70.2 Å². The molecular weight excluding hydrogens is 333 g/mol. The fourth-order valence-corrected chi connectivity index (χ4v) is 2.95. The second-order valence-corrected chi connectivity index (χ2v) is 6.34. The van der Waals surface area contributed by atoms with Gasteiger partial charge in [-0.15, -0.1) is 0 Å². The highest BCUT2D eigenvalue weighted by Gasteiger charge is 2.32. The van der Waals surface area contributed by atoms with Crippen LogP contribution in [-0.2, 0) is 4.79 Å². The number of aryl methyl sites for hydroxylation is 2. The lowest BCUT2D eigenvalue weighted by atomic mass is 9.94. The fraction of sp³-hybridized carbons (Fsp3) is 0.200. The zero-order valence-electron chi connectivity index (χ0n) is 14.8. The largest absolute Gasteiger partial charge is 0.327 e. The van der Waals surface area contributed by atoms with E-state index in [-0.39, 0.29) is 11.1 Å². The van der Waals surface area contributed by atoms with Gasteiger partial charge in [0.25, 0.3) is 5.91 Å².